The van der Waals surface area contributed by atoms with Crippen LogP contribution in [-0.4, -0.2) is 16.4 Å². The predicted molar refractivity (Wildman–Crippen MR) is 79.5 cm³/mol. The Labute approximate surface area is 133 Å². The molecule has 0 fully saturated rings. The number of nitrogens with one attached hydrogen (secondary N) is 2. The van der Waals surface area contributed by atoms with Gasteiger partial charge in [0.25, 0.3) is 11.8 Å². The van der Waals surface area contributed by atoms with Gasteiger partial charge in [-0.3, -0.25) is 20.4 Å². The molecule has 21 heavy (non-hydrogen) atoms. The molecule has 0 aliphatic carbocycles. The third-order valence-corrected chi connectivity index (χ3v) is 3.42. The van der Waals surface area contributed by atoms with E-state index in [2.05, 4.69) is 26.8 Å². The number of hydrazine groups is 1. The number of benzene rings is 1. The fourth-order valence-corrected chi connectivity index (χ4v) is 2.45. The first-order valence-electron chi connectivity index (χ1n) is 5.76. The highest BCUT2D eigenvalue weighted by Crippen LogP contribution is 2.17. The van der Waals surface area contributed by atoms with Gasteiger partial charge in [-0.2, -0.15) is 0 Å². The molecule has 0 saturated heterocycles. The molecule has 2 N–H and O–H groups in total. The van der Waals surface area contributed by atoms with Gasteiger partial charge in [-0.25, -0.2) is 4.39 Å². The van der Waals surface area contributed by atoms with Gasteiger partial charge in [0.1, 0.15) is 11.5 Å². The Hall–Kier alpha value is -1.86. The molecule has 110 valence electrons. The van der Waals surface area contributed by atoms with Crippen molar-refractivity contribution in [1.82, 2.24) is 15.4 Å². The summed E-state index contributed by atoms with van der Waals surface area (Å²) in [6, 6.07) is 4.97. The van der Waals surface area contributed by atoms with E-state index in [0.29, 0.717) is 5.69 Å². The number of amides is 2. The fourth-order valence-electron chi connectivity index (χ4n) is 1.67. The number of hydrogen-bond donors (Lipinski definition) is 2. The van der Waals surface area contributed by atoms with Crippen LogP contribution in [0.25, 0.3) is 0 Å². The summed E-state index contributed by atoms with van der Waals surface area (Å²) in [6.07, 6.45) is 1.70. The van der Waals surface area contributed by atoms with Crippen molar-refractivity contribution in [1.29, 1.82) is 0 Å². The van der Waals surface area contributed by atoms with Gasteiger partial charge in [0.05, 0.1) is 10.6 Å². The van der Waals surface area contributed by atoms with Crippen molar-refractivity contribution in [3.8, 4) is 0 Å². The lowest BCUT2D eigenvalue weighted by atomic mass is 10.2. The first kappa shape index (κ1) is 15.5. The van der Waals surface area contributed by atoms with Crippen LogP contribution in [0, 0.1) is 5.82 Å². The van der Waals surface area contributed by atoms with Crippen LogP contribution in [0.5, 0.6) is 0 Å². The molecule has 0 radical (unpaired) electrons. The number of hydrogen-bond acceptors (Lipinski definition) is 2. The molecule has 0 atom stereocenters. The molecule has 1 aromatic carbocycles. The van der Waals surface area contributed by atoms with Gasteiger partial charge in [0, 0.05) is 17.7 Å². The van der Waals surface area contributed by atoms with Crippen LogP contribution in [0.2, 0.25) is 5.02 Å². The summed E-state index contributed by atoms with van der Waals surface area (Å²) in [5.74, 6) is -1.68. The largest absolute Gasteiger partial charge is 0.345 e. The van der Waals surface area contributed by atoms with E-state index in [1.54, 1.807) is 23.9 Å². The summed E-state index contributed by atoms with van der Waals surface area (Å²) in [4.78, 5) is 23.7. The molecule has 2 rings (SSSR count). The standard InChI is InChI=1S/C13H10BrClFN3O2/c1-19-6-7(14)4-11(19)13(21)18-17-12(20)9-3-2-8(16)5-10(9)15/h2-6H,1H3,(H,17,20)(H,18,21). The number of carbonyl (C=O) groups is 2. The second-order valence-electron chi connectivity index (χ2n) is 4.19. The zero-order valence-corrected chi connectivity index (χ0v) is 13.1. The lowest BCUT2D eigenvalue weighted by molar-refractivity contribution is 0.0842. The van der Waals surface area contributed by atoms with Gasteiger partial charge in [0.15, 0.2) is 0 Å². The van der Waals surface area contributed by atoms with E-state index < -0.39 is 17.6 Å². The van der Waals surface area contributed by atoms with Gasteiger partial charge in [-0.05, 0) is 40.2 Å². The number of halogens is 3. The number of aryl methyl sites for hydroxylation is 1. The fraction of sp³-hybridized carbons (Fsp3) is 0.0769. The van der Waals surface area contributed by atoms with Crippen LogP contribution in [-0.2, 0) is 7.05 Å². The average molecular weight is 375 g/mol. The molecule has 0 bridgehead atoms. The minimum Gasteiger partial charge on any atom is -0.345 e. The van der Waals surface area contributed by atoms with Crippen molar-refractivity contribution in [2.45, 2.75) is 0 Å². The van der Waals surface area contributed by atoms with Crippen molar-refractivity contribution in [3.05, 3.63) is 57.0 Å². The number of carbonyl (C=O) groups excluding carboxylic acids is 2. The molecule has 0 aliphatic heterocycles. The third-order valence-electron chi connectivity index (χ3n) is 2.67. The summed E-state index contributed by atoms with van der Waals surface area (Å²) in [7, 11) is 1.69. The van der Waals surface area contributed by atoms with Crippen LogP contribution < -0.4 is 10.9 Å². The van der Waals surface area contributed by atoms with Crippen molar-refractivity contribution >= 4 is 39.3 Å². The van der Waals surface area contributed by atoms with Gasteiger partial charge in [0.2, 0.25) is 0 Å². The SMILES string of the molecule is Cn1cc(Br)cc1C(=O)NNC(=O)c1ccc(F)cc1Cl. The van der Waals surface area contributed by atoms with E-state index in [-0.39, 0.29) is 10.6 Å². The smallest absolute Gasteiger partial charge is 0.286 e. The summed E-state index contributed by atoms with van der Waals surface area (Å²) < 4.78 is 15.2. The van der Waals surface area contributed by atoms with E-state index in [0.717, 1.165) is 16.6 Å². The number of rotatable bonds is 2. The maximum Gasteiger partial charge on any atom is 0.286 e. The highest BCUT2D eigenvalue weighted by atomic mass is 79.9. The Morgan fingerprint density at radius 1 is 1.24 bits per heavy atom. The summed E-state index contributed by atoms with van der Waals surface area (Å²) in [5, 5.41) is -0.0386. The summed E-state index contributed by atoms with van der Waals surface area (Å²) in [5.41, 5.74) is 4.90. The maximum atomic E-state index is 12.9. The van der Waals surface area contributed by atoms with E-state index >= 15 is 0 Å². The van der Waals surface area contributed by atoms with Gasteiger partial charge < -0.3 is 4.57 Å². The third kappa shape index (κ3) is 3.62. The maximum absolute atomic E-state index is 12.9. The Morgan fingerprint density at radius 3 is 2.48 bits per heavy atom. The minimum atomic E-state index is -0.637. The first-order chi connectivity index (χ1) is 9.88. The molecule has 5 nitrogen and oxygen atoms in total. The Morgan fingerprint density at radius 2 is 1.90 bits per heavy atom. The summed E-state index contributed by atoms with van der Waals surface area (Å²) >= 11 is 9.00. The first-order valence-corrected chi connectivity index (χ1v) is 6.93. The topological polar surface area (TPSA) is 63.1 Å². The normalized spacial score (nSPS) is 10.3. The van der Waals surface area contributed by atoms with Crippen LogP contribution in [0.4, 0.5) is 4.39 Å². The van der Waals surface area contributed by atoms with Gasteiger partial charge in [-0.15, -0.1) is 0 Å². The zero-order valence-electron chi connectivity index (χ0n) is 10.8. The predicted octanol–water partition coefficient (Wildman–Crippen LogP) is 2.65. The van der Waals surface area contributed by atoms with Crippen molar-refractivity contribution in [2.75, 3.05) is 0 Å². The van der Waals surface area contributed by atoms with Crippen molar-refractivity contribution < 1.29 is 14.0 Å². The monoisotopic (exact) mass is 373 g/mol. The lowest BCUT2D eigenvalue weighted by Gasteiger charge is -2.09. The minimum absolute atomic E-state index is 0.0386. The molecular formula is C13H10BrClFN3O2. The highest BCUT2D eigenvalue weighted by Gasteiger charge is 2.14. The van der Waals surface area contributed by atoms with Crippen LogP contribution in [0.1, 0.15) is 20.8 Å². The molecular weight excluding hydrogens is 365 g/mol. The molecule has 0 saturated carbocycles. The van der Waals surface area contributed by atoms with Crippen molar-refractivity contribution in [2.24, 2.45) is 7.05 Å². The van der Waals surface area contributed by atoms with Crippen LogP contribution in [0.3, 0.4) is 0 Å². The quantitative estimate of drug-likeness (QED) is 0.794. The number of nitrogens with zero attached hydrogens (tertiary/aromatic N) is 1. The molecule has 1 aromatic heterocycles. The van der Waals surface area contributed by atoms with Crippen molar-refractivity contribution in [3.63, 3.8) is 0 Å². The Bertz CT molecular complexity index is 717. The highest BCUT2D eigenvalue weighted by molar-refractivity contribution is 9.10. The molecule has 2 amide bonds. The second-order valence-corrected chi connectivity index (χ2v) is 5.51. The Balaban J connectivity index is 2.04. The Kier molecular flexibility index (Phi) is 4.64. The van der Waals surface area contributed by atoms with E-state index in [1.807, 2.05) is 0 Å². The molecule has 2 aromatic rings. The second kappa shape index (κ2) is 6.28. The lowest BCUT2D eigenvalue weighted by Crippen LogP contribution is -2.42. The molecule has 0 unspecified atom stereocenters. The van der Waals surface area contributed by atoms with E-state index in [4.69, 9.17) is 11.6 Å². The zero-order chi connectivity index (χ0) is 15.6. The summed E-state index contributed by atoms with van der Waals surface area (Å²) in [6.45, 7) is 0. The van der Waals surface area contributed by atoms with Crippen LogP contribution >= 0.6 is 27.5 Å². The molecule has 1 heterocycles. The average Bonchev–Trinajstić information content (AvgIpc) is 2.74. The van der Waals surface area contributed by atoms with E-state index in [9.17, 15) is 14.0 Å². The van der Waals surface area contributed by atoms with E-state index in [1.165, 1.54) is 6.07 Å². The van der Waals surface area contributed by atoms with Crippen LogP contribution in [0.15, 0.2) is 34.9 Å². The molecule has 8 heteroatoms. The molecule has 0 aliphatic rings. The van der Waals surface area contributed by atoms with Gasteiger partial charge >= 0.3 is 0 Å². The molecule has 0 spiro atoms. The number of aromatic nitrogens is 1. The van der Waals surface area contributed by atoms with Gasteiger partial charge in [-0.1, -0.05) is 11.6 Å².